The third-order valence-electron chi connectivity index (χ3n) is 3.18. The van der Waals surface area contributed by atoms with Gasteiger partial charge in [-0.1, -0.05) is 28.8 Å². The number of anilines is 1. The van der Waals surface area contributed by atoms with Crippen molar-refractivity contribution in [1.29, 1.82) is 0 Å². The molecule has 3 nitrogen and oxygen atoms in total. The van der Waals surface area contributed by atoms with Crippen molar-refractivity contribution in [3.63, 3.8) is 0 Å². The van der Waals surface area contributed by atoms with Gasteiger partial charge in [-0.05, 0) is 25.0 Å². The monoisotopic (exact) mass is 332 g/mol. The van der Waals surface area contributed by atoms with Gasteiger partial charge in [-0.2, -0.15) is 0 Å². The molecule has 1 saturated carbocycles. The third kappa shape index (κ3) is 3.98. The van der Waals surface area contributed by atoms with Crippen molar-refractivity contribution in [1.82, 2.24) is 5.32 Å². The molecule has 0 heterocycles. The average molecular weight is 333 g/mol. The lowest BCUT2D eigenvalue weighted by molar-refractivity contribution is -0.115. The summed E-state index contributed by atoms with van der Waals surface area (Å²) in [6, 6.07) is 2.57. The molecule has 0 atom stereocenters. The van der Waals surface area contributed by atoms with Gasteiger partial charge < -0.3 is 10.6 Å². The smallest absolute Gasteiger partial charge is 0.238 e. The minimum atomic E-state index is -0.791. The van der Waals surface area contributed by atoms with Crippen LogP contribution in [-0.4, -0.2) is 18.5 Å². The molecule has 1 amide bonds. The van der Waals surface area contributed by atoms with Crippen LogP contribution in [0, 0.1) is 11.6 Å². The van der Waals surface area contributed by atoms with Gasteiger partial charge in [0.05, 0.1) is 6.54 Å². The zero-order valence-electron chi connectivity index (χ0n) is 10.3. The first kappa shape index (κ1) is 14.4. The van der Waals surface area contributed by atoms with Crippen LogP contribution in [0.2, 0.25) is 0 Å². The zero-order valence-corrected chi connectivity index (χ0v) is 11.9. The number of hydrogen-bond acceptors (Lipinski definition) is 2. The van der Waals surface area contributed by atoms with E-state index in [9.17, 15) is 13.6 Å². The molecule has 0 saturated heterocycles. The largest absolute Gasteiger partial charge is 0.320 e. The van der Waals surface area contributed by atoms with Crippen molar-refractivity contribution in [3.05, 3.63) is 28.2 Å². The molecule has 1 aliphatic rings. The number of carbonyl (C=O) groups excluding carboxylic acids is 1. The summed E-state index contributed by atoms with van der Waals surface area (Å²) < 4.78 is 27.3. The summed E-state index contributed by atoms with van der Waals surface area (Å²) in [6.07, 6.45) is 4.42. The Balaban J connectivity index is 1.91. The normalized spacial score (nSPS) is 15.7. The van der Waals surface area contributed by atoms with Gasteiger partial charge in [0.2, 0.25) is 5.91 Å². The van der Waals surface area contributed by atoms with E-state index in [2.05, 4.69) is 26.6 Å². The van der Waals surface area contributed by atoms with Gasteiger partial charge in [0.15, 0.2) is 11.6 Å². The summed E-state index contributed by atoms with van der Waals surface area (Å²) in [5.74, 6) is -2.02. The fraction of sp³-hybridized carbons (Fsp3) is 0.462. The Morgan fingerprint density at radius 2 is 1.84 bits per heavy atom. The number of benzene rings is 1. The number of hydrogen-bond donors (Lipinski definition) is 2. The van der Waals surface area contributed by atoms with Gasteiger partial charge in [0.25, 0.3) is 0 Å². The molecule has 0 bridgehead atoms. The first-order chi connectivity index (χ1) is 9.06. The number of rotatable bonds is 4. The van der Waals surface area contributed by atoms with Crippen molar-refractivity contribution in [2.24, 2.45) is 0 Å². The lowest BCUT2D eigenvalue weighted by Gasteiger charge is -2.12. The zero-order chi connectivity index (χ0) is 13.8. The van der Waals surface area contributed by atoms with Crippen LogP contribution in [-0.2, 0) is 4.79 Å². The fourth-order valence-corrected chi connectivity index (χ4v) is 2.61. The second-order valence-corrected chi connectivity index (χ2v) is 5.57. The molecule has 6 heteroatoms. The highest BCUT2D eigenvalue weighted by molar-refractivity contribution is 9.10. The van der Waals surface area contributed by atoms with Crippen LogP contribution < -0.4 is 10.6 Å². The first-order valence-corrected chi connectivity index (χ1v) is 7.03. The standard InChI is InChI=1S/C13H15BrF2N2O/c14-8-5-10(15)13(11(16)6-8)18-12(19)7-17-9-3-1-2-4-9/h5-6,9,17H,1-4,7H2,(H,18,19). The van der Waals surface area contributed by atoms with E-state index in [4.69, 9.17) is 0 Å². The van der Waals surface area contributed by atoms with E-state index in [1.54, 1.807) is 0 Å². The predicted octanol–water partition coefficient (Wildman–Crippen LogP) is 3.20. The lowest BCUT2D eigenvalue weighted by Crippen LogP contribution is -2.34. The summed E-state index contributed by atoms with van der Waals surface area (Å²) in [5, 5.41) is 5.34. The molecule has 2 rings (SSSR count). The van der Waals surface area contributed by atoms with Gasteiger partial charge in [-0.3, -0.25) is 4.79 Å². The molecule has 1 aromatic rings. The molecule has 19 heavy (non-hydrogen) atoms. The van der Waals surface area contributed by atoms with Crippen LogP contribution in [0.1, 0.15) is 25.7 Å². The van der Waals surface area contributed by atoms with Gasteiger partial charge in [0.1, 0.15) is 5.69 Å². The molecule has 0 unspecified atom stereocenters. The molecule has 0 spiro atoms. The molecule has 1 aromatic carbocycles. The minimum absolute atomic E-state index is 0.0691. The highest BCUT2D eigenvalue weighted by atomic mass is 79.9. The first-order valence-electron chi connectivity index (χ1n) is 6.24. The Morgan fingerprint density at radius 3 is 2.42 bits per heavy atom. The molecular formula is C13H15BrF2N2O. The molecule has 0 aliphatic heterocycles. The Hall–Kier alpha value is -1.01. The highest BCUT2D eigenvalue weighted by Gasteiger charge is 2.17. The van der Waals surface area contributed by atoms with Crippen molar-refractivity contribution in [3.8, 4) is 0 Å². The number of carbonyl (C=O) groups is 1. The van der Waals surface area contributed by atoms with Crippen LogP contribution in [0.25, 0.3) is 0 Å². The van der Waals surface area contributed by atoms with Crippen molar-refractivity contribution < 1.29 is 13.6 Å². The van der Waals surface area contributed by atoms with E-state index in [1.807, 2.05) is 0 Å². The summed E-state index contributed by atoms with van der Waals surface area (Å²) in [7, 11) is 0. The van der Waals surface area contributed by atoms with Gasteiger partial charge in [0, 0.05) is 10.5 Å². The molecule has 1 aliphatic carbocycles. The van der Waals surface area contributed by atoms with E-state index >= 15 is 0 Å². The maximum Gasteiger partial charge on any atom is 0.238 e. The third-order valence-corrected chi connectivity index (χ3v) is 3.64. The number of amides is 1. The van der Waals surface area contributed by atoms with Gasteiger partial charge in [-0.25, -0.2) is 8.78 Å². The Bertz CT molecular complexity index is 453. The number of halogens is 3. The van der Waals surface area contributed by atoms with E-state index in [-0.39, 0.29) is 6.54 Å². The Kier molecular flexibility index (Phi) is 4.87. The second kappa shape index (κ2) is 6.43. The highest BCUT2D eigenvalue weighted by Crippen LogP contribution is 2.23. The lowest BCUT2D eigenvalue weighted by atomic mass is 10.2. The summed E-state index contributed by atoms with van der Waals surface area (Å²) >= 11 is 2.98. The van der Waals surface area contributed by atoms with E-state index in [1.165, 1.54) is 0 Å². The fourth-order valence-electron chi connectivity index (χ4n) is 2.21. The van der Waals surface area contributed by atoms with Crippen molar-refractivity contribution in [2.75, 3.05) is 11.9 Å². The molecule has 1 fully saturated rings. The van der Waals surface area contributed by atoms with Crippen LogP contribution >= 0.6 is 15.9 Å². The average Bonchev–Trinajstić information content (AvgIpc) is 2.84. The van der Waals surface area contributed by atoms with Crippen LogP contribution in [0.3, 0.4) is 0 Å². The Labute approximate surface area is 118 Å². The summed E-state index contributed by atoms with van der Waals surface area (Å²) in [6.45, 7) is 0.0691. The topological polar surface area (TPSA) is 41.1 Å². The second-order valence-electron chi connectivity index (χ2n) is 4.65. The molecular weight excluding hydrogens is 318 g/mol. The van der Waals surface area contributed by atoms with Crippen LogP contribution in [0.4, 0.5) is 14.5 Å². The quantitative estimate of drug-likeness (QED) is 0.888. The van der Waals surface area contributed by atoms with E-state index < -0.39 is 23.2 Å². The van der Waals surface area contributed by atoms with Crippen molar-refractivity contribution in [2.45, 2.75) is 31.7 Å². The SMILES string of the molecule is O=C(CNC1CCCC1)Nc1c(F)cc(Br)cc1F. The number of nitrogens with one attached hydrogen (secondary N) is 2. The molecule has 0 aromatic heterocycles. The minimum Gasteiger partial charge on any atom is -0.320 e. The summed E-state index contributed by atoms with van der Waals surface area (Å²) in [5.41, 5.74) is -0.401. The van der Waals surface area contributed by atoms with Crippen LogP contribution in [0.5, 0.6) is 0 Å². The predicted molar refractivity (Wildman–Crippen MR) is 72.9 cm³/mol. The Morgan fingerprint density at radius 1 is 1.26 bits per heavy atom. The van der Waals surface area contributed by atoms with E-state index in [0.717, 1.165) is 37.8 Å². The van der Waals surface area contributed by atoms with E-state index in [0.29, 0.717) is 10.5 Å². The maximum atomic E-state index is 13.5. The molecule has 0 radical (unpaired) electrons. The van der Waals surface area contributed by atoms with Crippen LogP contribution in [0.15, 0.2) is 16.6 Å². The molecule has 104 valence electrons. The molecule has 2 N–H and O–H groups in total. The van der Waals surface area contributed by atoms with Gasteiger partial charge in [-0.15, -0.1) is 0 Å². The maximum absolute atomic E-state index is 13.5. The van der Waals surface area contributed by atoms with Crippen molar-refractivity contribution >= 4 is 27.5 Å². The summed E-state index contributed by atoms with van der Waals surface area (Å²) in [4.78, 5) is 11.6. The van der Waals surface area contributed by atoms with Gasteiger partial charge >= 0.3 is 0 Å².